The van der Waals surface area contributed by atoms with Gasteiger partial charge in [-0.15, -0.1) is 0 Å². The standard InChI is InChI=1S/C18H17ClN4O/c1-20-17(13-2-6-15(19)7-3-13)18(24)23-16-8-4-12(5-9-16)14-10-21-22-11-14/h2-11,17,20H,1H3,(H,21,22)(H,23,24). The number of carbonyl (C=O) groups excluding carboxylic acids is 1. The predicted molar refractivity (Wildman–Crippen MR) is 95.9 cm³/mol. The lowest BCUT2D eigenvalue weighted by molar-refractivity contribution is -0.118. The maximum absolute atomic E-state index is 12.5. The van der Waals surface area contributed by atoms with Gasteiger partial charge < -0.3 is 10.6 Å². The molecule has 0 aliphatic rings. The van der Waals surface area contributed by atoms with Crippen LogP contribution in [0.2, 0.25) is 5.02 Å². The van der Waals surface area contributed by atoms with E-state index in [9.17, 15) is 4.79 Å². The van der Waals surface area contributed by atoms with Crippen LogP contribution in [0.25, 0.3) is 11.1 Å². The van der Waals surface area contributed by atoms with E-state index in [-0.39, 0.29) is 5.91 Å². The Morgan fingerprint density at radius 3 is 2.38 bits per heavy atom. The molecule has 1 atom stereocenters. The van der Waals surface area contributed by atoms with Gasteiger partial charge in [-0.2, -0.15) is 5.10 Å². The zero-order chi connectivity index (χ0) is 16.9. The van der Waals surface area contributed by atoms with Crippen molar-refractivity contribution in [3.63, 3.8) is 0 Å². The number of hydrogen-bond donors (Lipinski definition) is 3. The highest BCUT2D eigenvalue weighted by Crippen LogP contribution is 2.22. The van der Waals surface area contributed by atoms with Gasteiger partial charge >= 0.3 is 0 Å². The number of aromatic amines is 1. The first-order chi connectivity index (χ1) is 11.7. The van der Waals surface area contributed by atoms with Crippen LogP contribution in [0.15, 0.2) is 60.9 Å². The molecule has 1 amide bonds. The van der Waals surface area contributed by atoms with Gasteiger partial charge in [-0.1, -0.05) is 35.9 Å². The van der Waals surface area contributed by atoms with Gasteiger partial charge in [0.05, 0.1) is 6.20 Å². The minimum atomic E-state index is -0.448. The van der Waals surface area contributed by atoms with Crippen molar-refractivity contribution in [3.8, 4) is 11.1 Å². The summed E-state index contributed by atoms with van der Waals surface area (Å²) in [5.41, 5.74) is 3.63. The number of anilines is 1. The number of halogens is 1. The number of nitrogens with zero attached hydrogens (tertiary/aromatic N) is 1. The summed E-state index contributed by atoms with van der Waals surface area (Å²) in [4.78, 5) is 12.5. The third kappa shape index (κ3) is 3.64. The van der Waals surface area contributed by atoms with E-state index in [0.29, 0.717) is 5.02 Å². The lowest BCUT2D eigenvalue weighted by Crippen LogP contribution is -2.30. The monoisotopic (exact) mass is 340 g/mol. The largest absolute Gasteiger partial charge is 0.324 e. The highest BCUT2D eigenvalue weighted by molar-refractivity contribution is 6.30. The van der Waals surface area contributed by atoms with E-state index in [1.807, 2.05) is 42.6 Å². The zero-order valence-electron chi connectivity index (χ0n) is 13.1. The van der Waals surface area contributed by atoms with Crippen molar-refractivity contribution in [1.29, 1.82) is 0 Å². The number of aromatic nitrogens is 2. The van der Waals surface area contributed by atoms with Gasteiger partial charge in [0.15, 0.2) is 0 Å². The fourth-order valence-corrected chi connectivity index (χ4v) is 2.60. The SMILES string of the molecule is CNC(C(=O)Nc1ccc(-c2cn[nH]c2)cc1)c1ccc(Cl)cc1. The van der Waals surface area contributed by atoms with Gasteiger partial charge in [-0.25, -0.2) is 0 Å². The second-order valence-corrected chi connectivity index (χ2v) is 5.76. The molecule has 5 nitrogen and oxygen atoms in total. The molecule has 24 heavy (non-hydrogen) atoms. The van der Waals surface area contributed by atoms with E-state index in [0.717, 1.165) is 22.4 Å². The normalized spacial score (nSPS) is 11.9. The van der Waals surface area contributed by atoms with Gasteiger partial charge in [0.25, 0.3) is 0 Å². The fourth-order valence-electron chi connectivity index (χ4n) is 2.47. The molecule has 1 aromatic heterocycles. The van der Waals surface area contributed by atoms with Crippen molar-refractivity contribution in [2.75, 3.05) is 12.4 Å². The average molecular weight is 341 g/mol. The molecule has 0 saturated carbocycles. The van der Waals surface area contributed by atoms with Crippen molar-refractivity contribution < 1.29 is 4.79 Å². The van der Waals surface area contributed by atoms with Crippen molar-refractivity contribution in [1.82, 2.24) is 15.5 Å². The van der Waals surface area contributed by atoms with Gasteiger partial charge in [-0.05, 0) is 42.4 Å². The molecule has 3 rings (SSSR count). The molecule has 122 valence electrons. The van der Waals surface area contributed by atoms with Gasteiger partial charge in [0.1, 0.15) is 6.04 Å². The van der Waals surface area contributed by atoms with Crippen LogP contribution in [0.4, 0.5) is 5.69 Å². The number of nitrogens with one attached hydrogen (secondary N) is 3. The molecule has 0 aliphatic carbocycles. The number of rotatable bonds is 5. The molecule has 0 spiro atoms. The van der Waals surface area contributed by atoms with Crippen LogP contribution in [-0.4, -0.2) is 23.2 Å². The first-order valence-electron chi connectivity index (χ1n) is 7.50. The number of likely N-dealkylation sites (N-methyl/N-ethyl adjacent to an activating group) is 1. The molecular formula is C18H17ClN4O. The molecule has 0 bridgehead atoms. The maximum atomic E-state index is 12.5. The zero-order valence-corrected chi connectivity index (χ0v) is 13.8. The van der Waals surface area contributed by atoms with Crippen LogP contribution >= 0.6 is 11.6 Å². The van der Waals surface area contributed by atoms with Crippen molar-refractivity contribution >= 4 is 23.2 Å². The summed E-state index contributed by atoms with van der Waals surface area (Å²) in [6, 6.07) is 14.4. The molecule has 0 fully saturated rings. The summed E-state index contributed by atoms with van der Waals surface area (Å²) in [7, 11) is 1.75. The molecule has 3 N–H and O–H groups in total. The molecule has 0 aliphatic heterocycles. The molecule has 1 unspecified atom stereocenters. The van der Waals surface area contributed by atoms with E-state index < -0.39 is 6.04 Å². The second-order valence-electron chi connectivity index (χ2n) is 5.33. The van der Waals surface area contributed by atoms with E-state index in [1.165, 1.54) is 0 Å². The number of H-pyrrole nitrogens is 1. The van der Waals surface area contributed by atoms with Gasteiger partial charge in [0.2, 0.25) is 5.91 Å². The lowest BCUT2D eigenvalue weighted by atomic mass is 10.1. The highest BCUT2D eigenvalue weighted by Gasteiger charge is 2.18. The van der Waals surface area contributed by atoms with E-state index in [1.54, 1.807) is 25.4 Å². The highest BCUT2D eigenvalue weighted by atomic mass is 35.5. The Kier molecular flexibility index (Phi) is 4.93. The van der Waals surface area contributed by atoms with Gasteiger partial charge in [0, 0.05) is 22.5 Å². The van der Waals surface area contributed by atoms with E-state index in [2.05, 4.69) is 20.8 Å². The molecule has 1 heterocycles. The van der Waals surface area contributed by atoms with E-state index in [4.69, 9.17) is 11.6 Å². The molecule has 0 radical (unpaired) electrons. The third-order valence-electron chi connectivity index (χ3n) is 3.74. The molecule has 3 aromatic rings. The van der Waals surface area contributed by atoms with Crippen LogP contribution in [-0.2, 0) is 4.79 Å². The summed E-state index contributed by atoms with van der Waals surface area (Å²) >= 11 is 5.90. The number of hydrogen-bond acceptors (Lipinski definition) is 3. The van der Waals surface area contributed by atoms with Crippen LogP contribution in [0.5, 0.6) is 0 Å². The smallest absolute Gasteiger partial charge is 0.246 e. The Labute approximate surface area is 145 Å². The average Bonchev–Trinajstić information content (AvgIpc) is 3.12. The van der Waals surface area contributed by atoms with Crippen molar-refractivity contribution in [3.05, 3.63) is 71.5 Å². The lowest BCUT2D eigenvalue weighted by Gasteiger charge is -2.16. The van der Waals surface area contributed by atoms with Crippen molar-refractivity contribution in [2.24, 2.45) is 0 Å². The summed E-state index contributed by atoms with van der Waals surface area (Å²) in [6.07, 6.45) is 3.58. The summed E-state index contributed by atoms with van der Waals surface area (Å²) < 4.78 is 0. The van der Waals surface area contributed by atoms with Crippen LogP contribution < -0.4 is 10.6 Å². The molecule has 6 heteroatoms. The molecular weight excluding hydrogens is 324 g/mol. The van der Waals surface area contributed by atoms with Crippen molar-refractivity contribution in [2.45, 2.75) is 6.04 Å². The predicted octanol–water partition coefficient (Wildman–Crippen LogP) is 3.63. The van der Waals surface area contributed by atoms with Gasteiger partial charge in [-0.3, -0.25) is 9.89 Å². The number of carbonyl (C=O) groups is 1. The maximum Gasteiger partial charge on any atom is 0.246 e. The summed E-state index contributed by atoms with van der Waals surface area (Å²) in [5, 5.41) is 13.3. The fraction of sp³-hybridized carbons (Fsp3) is 0.111. The quantitative estimate of drug-likeness (QED) is 0.664. The summed E-state index contributed by atoms with van der Waals surface area (Å²) in [6.45, 7) is 0. The number of benzene rings is 2. The first kappa shape index (κ1) is 16.2. The minimum Gasteiger partial charge on any atom is -0.324 e. The number of amides is 1. The van der Waals surface area contributed by atoms with Crippen LogP contribution in [0.1, 0.15) is 11.6 Å². The Morgan fingerprint density at radius 1 is 1.08 bits per heavy atom. The Bertz CT molecular complexity index is 798. The molecule has 2 aromatic carbocycles. The second kappa shape index (κ2) is 7.29. The minimum absolute atomic E-state index is 0.129. The molecule has 0 saturated heterocycles. The Balaban J connectivity index is 1.72. The van der Waals surface area contributed by atoms with Crippen LogP contribution in [0.3, 0.4) is 0 Å². The summed E-state index contributed by atoms with van der Waals surface area (Å²) in [5.74, 6) is -0.129. The Morgan fingerprint density at radius 2 is 1.79 bits per heavy atom. The van der Waals surface area contributed by atoms with E-state index >= 15 is 0 Å². The Hall–Kier alpha value is -2.63. The third-order valence-corrected chi connectivity index (χ3v) is 3.99. The topological polar surface area (TPSA) is 69.8 Å². The first-order valence-corrected chi connectivity index (χ1v) is 7.88. The van der Waals surface area contributed by atoms with Crippen LogP contribution in [0, 0.1) is 0 Å².